The van der Waals surface area contributed by atoms with Gasteiger partial charge in [-0.25, -0.2) is 0 Å². The Kier molecular flexibility index (Phi) is 7.15. The van der Waals surface area contributed by atoms with E-state index in [4.69, 9.17) is 9.47 Å². The fourth-order valence-electron chi connectivity index (χ4n) is 2.48. The van der Waals surface area contributed by atoms with E-state index in [0.29, 0.717) is 27.8 Å². The molecule has 0 unspecified atom stereocenters. The first-order valence-electron chi connectivity index (χ1n) is 8.68. The number of benzene rings is 2. The molecule has 150 valence electrons. The number of carbonyl (C=O) groups excluding carboxylic acids is 2. The van der Waals surface area contributed by atoms with E-state index in [2.05, 4.69) is 10.6 Å². The van der Waals surface area contributed by atoms with E-state index in [1.807, 2.05) is 35.7 Å². The number of methoxy groups -OCH3 is 2. The molecule has 0 spiro atoms. The molecule has 0 aliphatic rings. The molecule has 0 bridgehead atoms. The van der Waals surface area contributed by atoms with E-state index in [-0.39, 0.29) is 17.6 Å². The normalized spacial score (nSPS) is 10.3. The van der Waals surface area contributed by atoms with Gasteiger partial charge in [-0.15, -0.1) is 23.1 Å². The minimum Gasteiger partial charge on any atom is -0.497 e. The average Bonchev–Trinajstić information content (AvgIpc) is 3.28. The van der Waals surface area contributed by atoms with Gasteiger partial charge in [0.25, 0.3) is 5.91 Å². The summed E-state index contributed by atoms with van der Waals surface area (Å²) in [4.78, 5) is 26.0. The highest BCUT2D eigenvalue weighted by Gasteiger charge is 2.10. The molecule has 0 atom stereocenters. The zero-order valence-electron chi connectivity index (χ0n) is 15.9. The summed E-state index contributed by atoms with van der Waals surface area (Å²) in [5.74, 6) is 1.15. The number of rotatable bonds is 8. The van der Waals surface area contributed by atoms with Crippen LogP contribution in [0, 0.1) is 0 Å². The molecule has 2 aromatic carbocycles. The number of anilines is 2. The van der Waals surface area contributed by atoms with E-state index < -0.39 is 0 Å². The second-order valence-electron chi connectivity index (χ2n) is 5.86. The van der Waals surface area contributed by atoms with E-state index in [0.717, 1.165) is 4.90 Å². The van der Waals surface area contributed by atoms with Crippen LogP contribution in [-0.4, -0.2) is 31.8 Å². The Bertz CT molecular complexity index is 973. The molecule has 6 nitrogen and oxygen atoms in total. The van der Waals surface area contributed by atoms with Crippen molar-refractivity contribution in [1.29, 1.82) is 0 Å². The Labute approximate surface area is 177 Å². The Morgan fingerprint density at radius 3 is 2.45 bits per heavy atom. The standard InChI is InChI=1S/C21H20N2O4S2/c1-26-15-7-10-18(27-2)17(12-15)23-20(24)13-29-16-8-5-14(6-9-16)22-21(25)19-4-3-11-28-19/h3-12H,13H2,1-2H3,(H,22,25)(H,23,24). The van der Waals surface area contributed by atoms with Gasteiger partial charge in [0.15, 0.2) is 0 Å². The van der Waals surface area contributed by atoms with Crippen LogP contribution in [0.4, 0.5) is 11.4 Å². The Morgan fingerprint density at radius 2 is 1.79 bits per heavy atom. The van der Waals surface area contributed by atoms with Crippen LogP contribution >= 0.6 is 23.1 Å². The lowest BCUT2D eigenvalue weighted by Crippen LogP contribution is -2.14. The van der Waals surface area contributed by atoms with Gasteiger partial charge in [-0.3, -0.25) is 9.59 Å². The molecule has 1 heterocycles. The number of nitrogens with one attached hydrogen (secondary N) is 2. The van der Waals surface area contributed by atoms with Gasteiger partial charge in [0.2, 0.25) is 5.91 Å². The Balaban J connectivity index is 1.53. The first kappa shape index (κ1) is 20.8. The van der Waals surface area contributed by atoms with Gasteiger partial charge < -0.3 is 20.1 Å². The summed E-state index contributed by atoms with van der Waals surface area (Å²) in [6.45, 7) is 0. The van der Waals surface area contributed by atoms with Gasteiger partial charge in [-0.1, -0.05) is 6.07 Å². The first-order chi connectivity index (χ1) is 14.1. The highest BCUT2D eigenvalue weighted by atomic mass is 32.2. The molecule has 3 rings (SSSR count). The Hall–Kier alpha value is -2.97. The quantitative estimate of drug-likeness (QED) is 0.507. The first-order valence-corrected chi connectivity index (χ1v) is 10.5. The maximum Gasteiger partial charge on any atom is 0.265 e. The number of thiophene rings is 1. The second kappa shape index (κ2) is 9.99. The monoisotopic (exact) mass is 428 g/mol. The lowest BCUT2D eigenvalue weighted by atomic mass is 10.2. The SMILES string of the molecule is COc1ccc(OC)c(NC(=O)CSc2ccc(NC(=O)c3cccs3)cc2)c1. The molecular weight excluding hydrogens is 408 g/mol. The highest BCUT2D eigenvalue weighted by molar-refractivity contribution is 8.00. The molecule has 29 heavy (non-hydrogen) atoms. The maximum atomic E-state index is 12.3. The van der Waals surface area contributed by atoms with Gasteiger partial charge in [0, 0.05) is 16.6 Å². The summed E-state index contributed by atoms with van der Waals surface area (Å²) >= 11 is 2.79. The van der Waals surface area contributed by atoms with E-state index in [1.165, 1.54) is 23.1 Å². The van der Waals surface area contributed by atoms with Crippen LogP contribution in [-0.2, 0) is 4.79 Å². The molecule has 3 aromatic rings. The summed E-state index contributed by atoms with van der Waals surface area (Å²) in [5, 5.41) is 7.55. The fourth-order valence-corrected chi connectivity index (χ4v) is 3.80. The number of carbonyl (C=O) groups is 2. The highest BCUT2D eigenvalue weighted by Crippen LogP contribution is 2.29. The molecule has 0 aliphatic heterocycles. The number of amides is 2. The van der Waals surface area contributed by atoms with Crippen LogP contribution in [0.1, 0.15) is 9.67 Å². The predicted octanol–water partition coefficient (Wildman–Crippen LogP) is 4.75. The van der Waals surface area contributed by atoms with Gasteiger partial charge in [0.1, 0.15) is 11.5 Å². The zero-order valence-corrected chi connectivity index (χ0v) is 17.6. The second-order valence-corrected chi connectivity index (χ2v) is 7.86. The molecular formula is C21H20N2O4S2. The smallest absolute Gasteiger partial charge is 0.265 e. The van der Waals surface area contributed by atoms with Gasteiger partial charge >= 0.3 is 0 Å². The molecule has 0 fully saturated rings. The molecule has 0 radical (unpaired) electrons. The van der Waals surface area contributed by atoms with Crippen molar-refractivity contribution < 1.29 is 19.1 Å². The molecule has 0 aliphatic carbocycles. The van der Waals surface area contributed by atoms with Crippen LogP contribution in [0.3, 0.4) is 0 Å². The fraction of sp³-hybridized carbons (Fsp3) is 0.143. The van der Waals surface area contributed by atoms with Crippen LogP contribution in [0.2, 0.25) is 0 Å². The molecule has 2 amide bonds. The number of ether oxygens (including phenoxy) is 2. The van der Waals surface area contributed by atoms with Crippen molar-refractivity contribution in [3.05, 3.63) is 64.9 Å². The maximum absolute atomic E-state index is 12.3. The van der Waals surface area contributed by atoms with Crippen molar-refractivity contribution in [2.24, 2.45) is 0 Å². The van der Waals surface area contributed by atoms with Gasteiger partial charge in [-0.2, -0.15) is 0 Å². The lowest BCUT2D eigenvalue weighted by Gasteiger charge is -2.11. The molecule has 8 heteroatoms. The van der Waals surface area contributed by atoms with Crippen molar-refractivity contribution in [2.75, 3.05) is 30.6 Å². The summed E-state index contributed by atoms with van der Waals surface area (Å²) < 4.78 is 10.5. The third kappa shape index (κ3) is 5.75. The third-order valence-corrected chi connectivity index (χ3v) is 5.79. The van der Waals surface area contributed by atoms with E-state index >= 15 is 0 Å². The van der Waals surface area contributed by atoms with Crippen molar-refractivity contribution in [3.63, 3.8) is 0 Å². The number of thioether (sulfide) groups is 1. The summed E-state index contributed by atoms with van der Waals surface area (Å²) in [5.41, 5.74) is 1.27. The van der Waals surface area contributed by atoms with Gasteiger partial charge in [-0.05, 0) is 47.8 Å². The molecule has 0 saturated heterocycles. The molecule has 1 aromatic heterocycles. The van der Waals surface area contributed by atoms with Crippen LogP contribution in [0.25, 0.3) is 0 Å². The summed E-state index contributed by atoms with van der Waals surface area (Å²) in [6.07, 6.45) is 0. The van der Waals surface area contributed by atoms with Crippen LogP contribution < -0.4 is 20.1 Å². The summed E-state index contributed by atoms with van der Waals surface area (Å²) in [6, 6.07) is 16.2. The molecule has 2 N–H and O–H groups in total. The lowest BCUT2D eigenvalue weighted by molar-refractivity contribution is -0.113. The van der Waals surface area contributed by atoms with Gasteiger partial charge in [0.05, 0.1) is 30.5 Å². The van der Waals surface area contributed by atoms with Crippen LogP contribution in [0.15, 0.2) is 64.9 Å². The Morgan fingerprint density at radius 1 is 1.00 bits per heavy atom. The zero-order chi connectivity index (χ0) is 20.6. The van der Waals surface area contributed by atoms with Crippen molar-refractivity contribution in [3.8, 4) is 11.5 Å². The van der Waals surface area contributed by atoms with Crippen molar-refractivity contribution in [2.45, 2.75) is 4.90 Å². The number of hydrogen-bond acceptors (Lipinski definition) is 6. The summed E-state index contributed by atoms with van der Waals surface area (Å²) in [7, 11) is 3.11. The molecule has 0 saturated carbocycles. The van der Waals surface area contributed by atoms with Crippen molar-refractivity contribution >= 4 is 46.3 Å². The topological polar surface area (TPSA) is 76.7 Å². The predicted molar refractivity (Wildman–Crippen MR) is 118 cm³/mol. The minimum atomic E-state index is -0.156. The van der Waals surface area contributed by atoms with Crippen molar-refractivity contribution in [1.82, 2.24) is 0 Å². The van der Waals surface area contributed by atoms with Crippen LogP contribution in [0.5, 0.6) is 11.5 Å². The number of hydrogen-bond donors (Lipinski definition) is 2. The third-order valence-electron chi connectivity index (χ3n) is 3.91. The largest absolute Gasteiger partial charge is 0.497 e. The average molecular weight is 429 g/mol. The minimum absolute atomic E-state index is 0.132. The van der Waals surface area contributed by atoms with E-state index in [1.54, 1.807) is 38.5 Å². The van der Waals surface area contributed by atoms with E-state index in [9.17, 15) is 9.59 Å².